The summed E-state index contributed by atoms with van der Waals surface area (Å²) in [6.07, 6.45) is 1.48. The van der Waals surface area contributed by atoms with Gasteiger partial charge in [0.2, 0.25) is 0 Å². The number of amides is 2. The highest BCUT2D eigenvalue weighted by atomic mass is 16.5. The smallest absolute Gasteiger partial charge is 0.322 e. The maximum atomic E-state index is 12.2. The Kier molecular flexibility index (Phi) is 6.03. The Bertz CT molecular complexity index is 478. The van der Waals surface area contributed by atoms with Gasteiger partial charge in [-0.1, -0.05) is 13.3 Å². The topological polar surface area (TPSA) is 71.0 Å². The van der Waals surface area contributed by atoms with Gasteiger partial charge in [-0.15, -0.1) is 0 Å². The second-order valence-electron chi connectivity index (χ2n) is 5.44. The molecule has 2 amide bonds. The largest absolute Gasteiger partial charge is 0.494 e. The second kappa shape index (κ2) is 8.00. The first-order chi connectivity index (χ1) is 10.6. The Hall–Kier alpha value is -1.79. The highest BCUT2D eigenvalue weighted by Gasteiger charge is 2.32. The zero-order chi connectivity index (χ0) is 15.9. The molecule has 1 fully saturated rings. The number of urea groups is 1. The van der Waals surface area contributed by atoms with E-state index in [-0.39, 0.29) is 18.7 Å². The molecule has 1 aliphatic heterocycles. The number of carbonyl (C=O) groups excluding carboxylic acids is 1. The van der Waals surface area contributed by atoms with Crippen molar-refractivity contribution in [3.05, 3.63) is 24.3 Å². The van der Waals surface area contributed by atoms with Crippen LogP contribution in [0.5, 0.6) is 5.75 Å². The molecular weight excluding hydrogens is 284 g/mol. The van der Waals surface area contributed by atoms with Crippen molar-refractivity contribution in [1.82, 2.24) is 4.90 Å². The van der Waals surface area contributed by atoms with Crippen molar-refractivity contribution in [1.29, 1.82) is 0 Å². The Labute approximate surface area is 131 Å². The number of aliphatic hydroxyl groups is 1. The minimum absolute atomic E-state index is 0.269. The monoisotopic (exact) mass is 308 g/mol. The van der Waals surface area contributed by atoms with Crippen molar-refractivity contribution in [2.45, 2.75) is 31.9 Å². The summed E-state index contributed by atoms with van der Waals surface area (Å²) in [6, 6.07) is 6.69. The lowest BCUT2D eigenvalue weighted by Crippen LogP contribution is -2.45. The maximum absolute atomic E-state index is 12.2. The molecule has 1 aromatic carbocycles. The molecule has 1 aliphatic rings. The summed E-state index contributed by atoms with van der Waals surface area (Å²) in [4.78, 5) is 13.6. The predicted octanol–water partition coefficient (Wildman–Crippen LogP) is 2.09. The van der Waals surface area contributed by atoms with E-state index in [1.54, 1.807) is 19.2 Å². The SMILES string of the molecule is CCCCOc1ccc(NC(=O)N(C)[C@@H]2COC[C@H]2O)cc1. The van der Waals surface area contributed by atoms with Crippen LogP contribution in [-0.2, 0) is 4.74 Å². The molecule has 0 aromatic heterocycles. The summed E-state index contributed by atoms with van der Waals surface area (Å²) < 4.78 is 10.7. The van der Waals surface area contributed by atoms with Gasteiger partial charge in [0.1, 0.15) is 5.75 Å². The standard InChI is InChI=1S/C16H24N2O4/c1-3-4-9-22-13-7-5-12(6-8-13)17-16(20)18(2)14-10-21-11-15(14)19/h5-8,14-15,19H,3-4,9-11H2,1-2H3,(H,17,20)/t14-,15-/m1/s1. The molecule has 1 saturated heterocycles. The van der Waals surface area contributed by atoms with Crippen LogP contribution in [0.25, 0.3) is 0 Å². The van der Waals surface area contributed by atoms with Crippen molar-refractivity contribution >= 4 is 11.7 Å². The number of nitrogens with zero attached hydrogens (tertiary/aromatic N) is 1. The van der Waals surface area contributed by atoms with E-state index < -0.39 is 6.10 Å². The molecule has 1 heterocycles. The second-order valence-corrected chi connectivity index (χ2v) is 5.44. The van der Waals surface area contributed by atoms with Crippen LogP contribution in [0.3, 0.4) is 0 Å². The van der Waals surface area contributed by atoms with Crippen molar-refractivity contribution < 1.29 is 19.4 Å². The van der Waals surface area contributed by atoms with Gasteiger partial charge in [0.25, 0.3) is 0 Å². The number of hydrogen-bond acceptors (Lipinski definition) is 4. The van der Waals surface area contributed by atoms with Gasteiger partial charge in [0.15, 0.2) is 0 Å². The highest BCUT2D eigenvalue weighted by molar-refractivity contribution is 5.89. The van der Waals surface area contributed by atoms with E-state index in [9.17, 15) is 9.90 Å². The Morgan fingerprint density at radius 2 is 2.14 bits per heavy atom. The third kappa shape index (κ3) is 4.35. The lowest BCUT2D eigenvalue weighted by atomic mass is 10.2. The van der Waals surface area contributed by atoms with Crippen molar-refractivity contribution in [3.8, 4) is 5.75 Å². The van der Waals surface area contributed by atoms with E-state index in [1.165, 1.54) is 4.90 Å². The average Bonchev–Trinajstić information content (AvgIpc) is 2.94. The zero-order valence-electron chi connectivity index (χ0n) is 13.1. The minimum Gasteiger partial charge on any atom is -0.494 e. The number of rotatable bonds is 6. The van der Waals surface area contributed by atoms with Crippen LogP contribution in [0.2, 0.25) is 0 Å². The number of carbonyl (C=O) groups is 1. The molecule has 6 heteroatoms. The summed E-state index contributed by atoms with van der Waals surface area (Å²) in [5.74, 6) is 0.791. The number of hydrogen-bond donors (Lipinski definition) is 2. The summed E-state index contributed by atoms with van der Waals surface area (Å²) in [5.41, 5.74) is 0.688. The number of benzene rings is 1. The van der Waals surface area contributed by atoms with Crippen LogP contribution in [0.15, 0.2) is 24.3 Å². The third-order valence-electron chi connectivity index (χ3n) is 3.71. The number of ether oxygens (including phenoxy) is 2. The van der Waals surface area contributed by atoms with E-state index >= 15 is 0 Å². The third-order valence-corrected chi connectivity index (χ3v) is 3.71. The first-order valence-corrected chi connectivity index (χ1v) is 7.64. The van der Waals surface area contributed by atoms with E-state index in [4.69, 9.17) is 9.47 Å². The minimum atomic E-state index is -0.634. The molecule has 0 unspecified atom stereocenters. The number of nitrogens with one attached hydrogen (secondary N) is 1. The van der Waals surface area contributed by atoms with Gasteiger partial charge in [-0.25, -0.2) is 4.79 Å². The van der Waals surface area contributed by atoms with Crippen molar-refractivity contribution in [3.63, 3.8) is 0 Å². The van der Waals surface area contributed by atoms with E-state index in [0.717, 1.165) is 18.6 Å². The molecule has 122 valence electrons. The molecule has 0 spiro atoms. The molecule has 1 aromatic rings. The van der Waals surface area contributed by atoms with Crippen LogP contribution < -0.4 is 10.1 Å². The molecule has 6 nitrogen and oxygen atoms in total. The molecule has 0 saturated carbocycles. The number of likely N-dealkylation sites (N-methyl/N-ethyl adjacent to an activating group) is 1. The lowest BCUT2D eigenvalue weighted by Gasteiger charge is -2.25. The Morgan fingerprint density at radius 3 is 2.73 bits per heavy atom. The molecule has 22 heavy (non-hydrogen) atoms. The zero-order valence-corrected chi connectivity index (χ0v) is 13.1. The first kappa shape index (κ1) is 16.6. The average molecular weight is 308 g/mol. The predicted molar refractivity (Wildman–Crippen MR) is 84.2 cm³/mol. The number of aliphatic hydroxyl groups excluding tert-OH is 1. The van der Waals surface area contributed by atoms with Gasteiger partial charge >= 0.3 is 6.03 Å². The summed E-state index contributed by atoms with van der Waals surface area (Å²) >= 11 is 0. The molecule has 2 N–H and O–H groups in total. The number of unbranched alkanes of at least 4 members (excludes halogenated alkanes) is 1. The Balaban J connectivity index is 1.85. The van der Waals surface area contributed by atoms with Crippen LogP contribution in [0.4, 0.5) is 10.5 Å². The van der Waals surface area contributed by atoms with Gasteiger partial charge in [-0.2, -0.15) is 0 Å². The molecule has 0 bridgehead atoms. The molecule has 0 radical (unpaired) electrons. The van der Waals surface area contributed by atoms with Crippen LogP contribution >= 0.6 is 0 Å². The van der Waals surface area contributed by atoms with Gasteiger partial charge in [0.05, 0.1) is 32.0 Å². The van der Waals surface area contributed by atoms with Crippen LogP contribution in [-0.4, -0.2) is 55.1 Å². The van der Waals surface area contributed by atoms with Crippen LogP contribution in [0, 0.1) is 0 Å². The molecule has 2 rings (SSSR count). The molecule has 0 aliphatic carbocycles. The highest BCUT2D eigenvalue weighted by Crippen LogP contribution is 2.18. The van der Waals surface area contributed by atoms with Gasteiger partial charge < -0.3 is 24.8 Å². The first-order valence-electron chi connectivity index (χ1n) is 7.64. The molecular formula is C16H24N2O4. The quantitative estimate of drug-likeness (QED) is 0.789. The maximum Gasteiger partial charge on any atom is 0.322 e. The number of anilines is 1. The van der Waals surface area contributed by atoms with Crippen molar-refractivity contribution in [2.75, 3.05) is 32.2 Å². The van der Waals surface area contributed by atoms with Gasteiger partial charge in [0, 0.05) is 12.7 Å². The summed E-state index contributed by atoms with van der Waals surface area (Å²) in [5, 5.41) is 12.5. The van der Waals surface area contributed by atoms with E-state index in [2.05, 4.69) is 12.2 Å². The lowest BCUT2D eigenvalue weighted by molar-refractivity contribution is 0.106. The van der Waals surface area contributed by atoms with Crippen molar-refractivity contribution in [2.24, 2.45) is 0 Å². The molecule has 2 atom stereocenters. The fourth-order valence-electron chi connectivity index (χ4n) is 2.23. The van der Waals surface area contributed by atoms with E-state index in [0.29, 0.717) is 18.9 Å². The van der Waals surface area contributed by atoms with E-state index in [1.807, 2.05) is 12.1 Å². The summed E-state index contributed by atoms with van der Waals surface area (Å²) in [6.45, 7) is 3.44. The van der Waals surface area contributed by atoms with Gasteiger partial charge in [-0.3, -0.25) is 0 Å². The van der Waals surface area contributed by atoms with Gasteiger partial charge in [-0.05, 0) is 30.7 Å². The fourth-order valence-corrected chi connectivity index (χ4v) is 2.23. The fraction of sp³-hybridized carbons (Fsp3) is 0.562. The normalized spacial score (nSPS) is 20.7. The Morgan fingerprint density at radius 1 is 1.41 bits per heavy atom. The summed E-state index contributed by atoms with van der Waals surface area (Å²) in [7, 11) is 1.65. The van der Waals surface area contributed by atoms with Crippen LogP contribution in [0.1, 0.15) is 19.8 Å².